The van der Waals surface area contributed by atoms with Gasteiger partial charge < -0.3 is 4.90 Å². The summed E-state index contributed by atoms with van der Waals surface area (Å²) < 4.78 is 0. The van der Waals surface area contributed by atoms with Gasteiger partial charge in [-0.1, -0.05) is 89.7 Å². The molecule has 0 saturated carbocycles. The van der Waals surface area contributed by atoms with E-state index in [9.17, 15) is 0 Å². The van der Waals surface area contributed by atoms with E-state index in [-0.39, 0.29) is 0 Å². The van der Waals surface area contributed by atoms with E-state index in [1.54, 1.807) is 0 Å². The summed E-state index contributed by atoms with van der Waals surface area (Å²) in [6.07, 6.45) is 26.0. The van der Waals surface area contributed by atoms with Gasteiger partial charge in [-0.2, -0.15) is 0 Å². The third-order valence-electron chi connectivity index (χ3n) is 4.18. The molecule has 0 aromatic heterocycles. The zero-order valence-corrected chi connectivity index (χ0v) is 13.7. The Balaban J connectivity index is 1.72. The summed E-state index contributed by atoms with van der Waals surface area (Å²) in [5, 5.41) is 0. The van der Waals surface area contributed by atoms with Crippen molar-refractivity contribution in [2.75, 3.05) is 13.1 Å². The second-order valence-electron chi connectivity index (χ2n) is 6.15. The molecule has 0 spiro atoms. The van der Waals surface area contributed by atoms with Crippen LogP contribution < -0.4 is 0 Å². The van der Waals surface area contributed by atoms with Crippen LogP contribution in [0.2, 0.25) is 0 Å². The highest BCUT2D eigenvalue weighted by Crippen LogP contribution is 2.12. The minimum absolute atomic E-state index is 1.11. The van der Waals surface area contributed by atoms with Crippen LogP contribution in [0.3, 0.4) is 0 Å². The van der Waals surface area contributed by atoms with Gasteiger partial charge in [-0.25, -0.2) is 0 Å². The van der Waals surface area contributed by atoms with Crippen molar-refractivity contribution in [1.29, 1.82) is 0 Å². The molecule has 20 heavy (non-hydrogen) atoms. The van der Waals surface area contributed by atoms with Crippen molar-refractivity contribution in [3.8, 4) is 0 Å². The van der Waals surface area contributed by atoms with E-state index in [1.807, 2.05) is 0 Å². The Morgan fingerprint density at radius 3 is 1.75 bits per heavy atom. The van der Waals surface area contributed by atoms with E-state index in [0.29, 0.717) is 0 Å². The van der Waals surface area contributed by atoms with Crippen LogP contribution in [0, 0.1) is 0 Å². The topological polar surface area (TPSA) is 3.24 Å². The molecule has 0 unspecified atom stereocenters. The SMILES string of the molecule is CCCCCCCCCCCCCCN1C=CC=CC1. The van der Waals surface area contributed by atoms with Crippen molar-refractivity contribution in [2.45, 2.75) is 84.0 Å². The Labute approximate surface area is 127 Å². The lowest BCUT2D eigenvalue weighted by Gasteiger charge is -2.20. The van der Waals surface area contributed by atoms with Gasteiger partial charge in [0.15, 0.2) is 0 Å². The van der Waals surface area contributed by atoms with Crippen molar-refractivity contribution in [1.82, 2.24) is 4.90 Å². The molecule has 116 valence electrons. The maximum absolute atomic E-state index is 2.41. The van der Waals surface area contributed by atoms with E-state index in [2.05, 4.69) is 36.3 Å². The third kappa shape index (κ3) is 10.1. The Bertz CT molecular complexity index is 254. The minimum atomic E-state index is 1.11. The highest BCUT2D eigenvalue weighted by Gasteiger charge is 1.99. The first-order chi connectivity index (χ1) is 9.93. The van der Waals surface area contributed by atoms with Gasteiger partial charge in [0.1, 0.15) is 0 Å². The minimum Gasteiger partial charge on any atom is -0.374 e. The molecule has 0 amide bonds. The standard InChI is InChI=1S/C19H35N/c1-2-3-4-5-6-7-8-9-10-11-12-14-17-20-18-15-13-16-19-20/h13,15-16,18H,2-12,14,17,19H2,1H3. The van der Waals surface area contributed by atoms with Crippen molar-refractivity contribution in [3.63, 3.8) is 0 Å². The molecule has 0 bridgehead atoms. The second kappa shape index (κ2) is 13.3. The van der Waals surface area contributed by atoms with Crippen molar-refractivity contribution < 1.29 is 0 Å². The van der Waals surface area contributed by atoms with Gasteiger partial charge in [-0.3, -0.25) is 0 Å². The zero-order chi connectivity index (χ0) is 14.3. The first-order valence-electron chi connectivity index (χ1n) is 9.01. The summed E-state index contributed by atoms with van der Waals surface area (Å²) >= 11 is 0. The summed E-state index contributed by atoms with van der Waals surface area (Å²) in [5.74, 6) is 0. The van der Waals surface area contributed by atoms with E-state index >= 15 is 0 Å². The fraction of sp³-hybridized carbons (Fsp3) is 0.789. The van der Waals surface area contributed by atoms with Gasteiger partial charge in [-0.05, 0) is 18.7 Å². The van der Waals surface area contributed by atoms with Crippen LogP contribution in [0.1, 0.15) is 84.0 Å². The summed E-state index contributed by atoms with van der Waals surface area (Å²) in [4.78, 5) is 2.41. The molecule has 1 nitrogen and oxygen atoms in total. The molecule has 0 aliphatic carbocycles. The lowest BCUT2D eigenvalue weighted by Crippen LogP contribution is -2.19. The normalized spacial score (nSPS) is 14.2. The van der Waals surface area contributed by atoms with Gasteiger partial charge >= 0.3 is 0 Å². The summed E-state index contributed by atoms with van der Waals surface area (Å²) in [6, 6.07) is 0. The van der Waals surface area contributed by atoms with Crippen LogP contribution >= 0.6 is 0 Å². The predicted molar refractivity (Wildman–Crippen MR) is 90.9 cm³/mol. The summed E-state index contributed by atoms with van der Waals surface area (Å²) in [7, 11) is 0. The lowest BCUT2D eigenvalue weighted by atomic mass is 10.1. The molecule has 0 atom stereocenters. The van der Waals surface area contributed by atoms with Crippen molar-refractivity contribution in [3.05, 3.63) is 24.4 Å². The maximum atomic E-state index is 2.41. The predicted octanol–water partition coefficient (Wildman–Crippen LogP) is 6.07. The maximum Gasteiger partial charge on any atom is 0.0357 e. The monoisotopic (exact) mass is 277 g/mol. The number of nitrogens with zero attached hydrogens (tertiary/aromatic N) is 1. The first kappa shape index (κ1) is 17.3. The Hall–Kier alpha value is -0.720. The van der Waals surface area contributed by atoms with Crippen LogP contribution in [0.4, 0.5) is 0 Å². The smallest absolute Gasteiger partial charge is 0.0357 e. The van der Waals surface area contributed by atoms with E-state index < -0.39 is 0 Å². The van der Waals surface area contributed by atoms with Crippen LogP contribution in [-0.2, 0) is 0 Å². The molecule has 1 aliphatic heterocycles. The number of allylic oxidation sites excluding steroid dienone is 2. The second-order valence-corrected chi connectivity index (χ2v) is 6.15. The number of rotatable bonds is 13. The quantitative estimate of drug-likeness (QED) is 0.369. The molecule has 0 aromatic carbocycles. The number of hydrogen-bond acceptors (Lipinski definition) is 1. The molecule has 1 heteroatoms. The van der Waals surface area contributed by atoms with Gasteiger partial charge in [0, 0.05) is 13.1 Å². The van der Waals surface area contributed by atoms with Crippen LogP contribution in [0.25, 0.3) is 0 Å². The molecular formula is C19H35N. The average molecular weight is 277 g/mol. The van der Waals surface area contributed by atoms with E-state index in [0.717, 1.165) is 6.54 Å². The van der Waals surface area contributed by atoms with E-state index in [4.69, 9.17) is 0 Å². The highest BCUT2D eigenvalue weighted by atomic mass is 15.1. The Morgan fingerprint density at radius 2 is 1.25 bits per heavy atom. The molecule has 0 radical (unpaired) electrons. The number of unbranched alkanes of at least 4 members (excludes halogenated alkanes) is 11. The fourth-order valence-corrected chi connectivity index (χ4v) is 2.83. The lowest BCUT2D eigenvalue weighted by molar-refractivity contribution is 0.392. The summed E-state index contributed by atoms with van der Waals surface area (Å²) in [6.45, 7) is 4.63. The molecule has 0 aromatic rings. The zero-order valence-electron chi connectivity index (χ0n) is 13.7. The Kier molecular flexibility index (Phi) is 11.5. The summed E-state index contributed by atoms with van der Waals surface area (Å²) in [5.41, 5.74) is 0. The first-order valence-corrected chi connectivity index (χ1v) is 9.01. The molecule has 1 rings (SSSR count). The fourth-order valence-electron chi connectivity index (χ4n) is 2.83. The molecular weight excluding hydrogens is 242 g/mol. The third-order valence-corrected chi connectivity index (χ3v) is 4.18. The molecule has 0 N–H and O–H groups in total. The van der Waals surface area contributed by atoms with Crippen LogP contribution in [-0.4, -0.2) is 18.0 Å². The molecule has 0 fully saturated rings. The largest absolute Gasteiger partial charge is 0.374 e. The average Bonchev–Trinajstić information content (AvgIpc) is 2.49. The molecule has 0 saturated heterocycles. The van der Waals surface area contributed by atoms with Crippen molar-refractivity contribution in [2.24, 2.45) is 0 Å². The molecule has 1 heterocycles. The molecule has 1 aliphatic rings. The number of hydrogen-bond donors (Lipinski definition) is 0. The Morgan fingerprint density at radius 1 is 0.700 bits per heavy atom. The van der Waals surface area contributed by atoms with Gasteiger partial charge in [0.2, 0.25) is 0 Å². The van der Waals surface area contributed by atoms with Crippen LogP contribution in [0.15, 0.2) is 24.4 Å². The van der Waals surface area contributed by atoms with Crippen LogP contribution in [0.5, 0.6) is 0 Å². The van der Waals surface area contributed by atoms with Gasteiger partial charge in [0.25, 0.3) is 0 Å². The van der Waals surface area contributed by atoms with Gasteiger partial charge in [0.05, 0.1) is 0 Å². The van der Waals surface area contributed by atoms with Gasteiger partial charge in [-0.15, -0.1) is 0 Å². The van der Waals surface area contributed by atoms with Crippen molar-refractivity contribution >= 4 is 0 Å². The highest BCUT2D eigenvalue weighted by molar-refractivity contribution is 5.08. The van der Waals surface area contributed by atoms with E-state index in [1.165, 1.54) is 83.6 Å².